The van der Waals surface area contributed by atoms with Gasteiger partial charge in [-0.05, 0) is 19.9 Å². The average Bonchev–Trinajstić information content (AvgIpc) is 2.33. The number of nitro benzene ring substituents is 1. The molecule has 0 bridgehead atoms. The maximum atomic E-state index is 11.0. The Morgan fingerprint density at radius 1 is 1.53 bits per heavy atom. The first kappa shape index (κ1) is 14.9. The molecule has 0 amide bonds. The third-order valence-electron chi connectivity index (χ3n) is 2.31. The van der Waals surface area contributed by atoms with E-state index in [0.29, 0.717) is 13.2 Å². The van der Waals surface area contributed by atoms with Crippen molar-refractivity contribution in [2.24, 2.45) is 0 Å². The van der Waals surface area contributed by atoms with E-state index in [0.717, 1.165) is 0 Å². The van der Waals surface area contributed by atoms with Crippen LogP contribution in [0.15, 0.2) is 18.2 Å². The summed E-state index contributed by atoms with van der Waals surface area (Å²) in [6.07, 6.45) is 0.0749. The average molecular weight is 268 g/mol. The van der Waals surface area contributed by atoms with Crippen molar-refractivity contribution in [1.82, 2.24) is 0 Å². The number of benzene rings is 1. The third kappa shape index (κ3) is 4.55. The number of nitrogens with zero attached hydrogens (tertiary/aromatic N) is 1. The van der Waals surface area contributed by atoms with Gasteiger partial charge in [-0.25, -0.2) is 4.79 Å². The summed E-state index contributed by atoms with van der Waals surface area (Å²) in [5.41, 5.74) is 0.0569. The molecule has 7 nitrogen and oxygen atoms in total. The first-order valence-electron chi connectivity index (χ1n) is 5.79. The van der Waals surface area contributed by atoms with E-state index in [1.807, 2.05) is 13.8 Å². The Morgan fingerprint density at radius 2 is 2.21 bits per heavy atom. The van der Waals surface area contributed by atoms with Crippen LogP contribution in [0.4, 0.5) is 11.4 Å². The fourth-order valence-corrected chi connectivity index (χ4v) is 1.46. The standard InChI is InChI=1S/C12H16N2O5/c1-8(2)19-6-5-13-11-7-9(14(17)18)3-4-10(11)12(15)16/h3-4,7-8,13H,5-6H2,1-2H3,(H,15,16). The van der Waals surface area contributed by atoms with Gasteiger partial charge in [0.15, 0.2) is 0 Å². The molecule has 0 fully saturated rings. The lowest BCUT2D eigenvalue weighted by atomic mass is 10.1. The van der Waals surface area contributed by atoms with Crippen molar-refractivity contribution >= 4 is 17.3 Å². The molecular weight excluding hydrogens is 252 g/mol. The molecule has 1 rings (SSSR count). The summed E-state index contributed by atoms with van der Waals surface area (Å²) in [6, 6.07) is 3.59. The molecule has 104 valence electrons. The zero-order chi connectivity index (χ0) is 14.4. The number of anilines is 1. The molecule has 0 atom stereocenters. The Hall–Kier alpha value is -2.15. The van der Waals surface area contributed by atoms with Crippen molar-refractivity contribution in [3.63, 3.8) is 0 Å². The quantitative estimate of drug-likeness (QED) is 0.446. The number of rotatable bonds is 7. The number of hydrogen-bond acceptors (Lipinski definition) is 5. The van der Waals surface area contributed by atoms with Gasteiger partial charge in [-0.15, -0.1) is 0 Å². The van der Waals surface area contributed by atoms with Crippen LogP contribution in [0.5, 0.6) is 0 Å². The van der Waals surface area contributed by atoms with E-state index in [-0.39, 0.29) is 23.0 Å². The number of carboxylic acids is 1. The molecule has 0 aliphatic heterocycles. The fourth-order valence-electron chi connectivity index (χ4n) is 1.46. The Bertz CT molecular complexity index is 473. The Morgan fingerprint density at radius 3 is 2.74 bits per heavy atom. The number of hydrogen-bond donors (Lipinski definition) is 2. The molecule has 0 unspecified atom stereocenters. The second-order valence-corrected chi connectivity index (χ2v) is 4.14. The van der Waals surface area contributed by atoms with Crippen molar-refractivity contribution in [1.29, 1.82) is 0 Å². The van der Waals surface area contributed by atoms with Crippen molar-refractivity contribution < 1.29 is 19.6 Å². The molecule has 1 aromatic rings. The van der Waals surface area contributed by atoms with Crippen LogP contribution in [0.1, 0.15) is 24.2 Å². The fraction of sp³-hybridized carbons (Fsp3) is 0.417. The number of carbonyl (C=O) groups is 1. The minimum Gasteiger partial charge on any atom is -0.478 e. The van der Waals surface area contributed by atoms with Crippen LogP contribution < -0.4 is 5.32 Å². The van der Waals surface area contributed by atoms with Crippen LogP contribution in [-0.4, -0.2) is 35.3 Å². The molecule has 0 heterocycles. The minimum absolute atomic E-state index is 0.00449. The van der Waals surface area contributed by atoms with Gasteiger partial charge >= 0.3 is 5.97 Å². The zero-order valence-electron chi connectivity index (χ0n) is 10.8. The molecule has 0 saturated heterocycles. The predicted octanol–water partition coefficient (Wildman–Crippen LogP) is 2.13. The van der Waals surface area contributed by atoms with E-state index in [9.17, 15) is 14.9 Å². The van der Waals surface area contributed by atoms with E-state index < -0.39 is 10.9 Å². The molecule has 2 N–H and O–H groups in total. The second kappa shape index (κ2) is 6.69. The second-order valence-electron chi connectivity index (χ2n) is 4.14. The van der Waals surface area contributed by atoms with Crippen LogP contribution in [0.2, 0.25) is 0 Å². The zero-order valence-corrected chi connectivity index (χ0v) is 10.8. The van der Waals surface area contributed by atoms with Gasteiger partial charge in [-0.2, -0.15) is 0 Å². The minimum atomic E-state index is -1.14. The lowest BCUT2D eigenvalue weighted by Gasteiger charge is -2.11. The first-order chi connectivity index (χ1) is 8.91. The number of nitro groups is 1. The van der Waals surface area contributed by atoms with Gasteiger partial charge in [0.05, 0.1) is 28.9 Å². The summed E-state index contributed by atoms with van der Waals surface area (Å²) in [5, 5.41) is 22.5. The van der Waals surface area contributed by atoms with Crippen LogP contribution in [0.3, 0.4) is 0 Å². The summed E-state index contributed by atoms with van der Waals surface area (Å²) < 4.78 is 5.30. The van der Waals surface area contributed by atoms with Crippen LogP contribution >= 0.6 is 0 Å². The lowest BCUT2D eigenvalue weighted by Crippen LogP contribution is -2.15. The van der Waals surface area contributed by atoms with Crippen molar-refractivity contribution in [3.8, 4) is 0 Å². The highest BCUT2D eigenvalue weighted by Crippen LogP contribution is 2.22. The van der Waals surface area contributed by atoms with Crippen molar-refractivity contribution in [3.05, 3.63) is 33.9 Å². The Balaban J connectivity index is 2.80. The summed E-state index contributed by atoms with van der Waals surface area (Å²) in [6.45, 7) is 4.53. The lowest BCUT2D eigenvalue weighted by molar-refractivity contribution is -0.384. The van der Waals surface area contributed by atoms with Crippen LogP contribution in [0, 0.1) is 10.1 Å². The summed E-state index contributed by atoms with van der Waals surface area (Å²) >= 11 is 0. The van der Waals surface area contributed by atoms with Gasteiger partial charge in [-0.1, -0.05) is 0 Å². The smallest absolute Gasteiger partial charge is 0.337 e. The van der Waals surface area contributed by atoms with Gasteiger partial charge in [0.25, 0.3) is 5.69 Å². The van der Waals surface area contributed by atoms with Gasteiger partial charge < -0.3 is 15.2 Å². The highest BCUT2D eigenvalue weighted by molar-refractivity contribution is 5.94. The number of non-ortho nitro benzene ring substituents is 1. The maximum Gasteiger partial charge on any atom is 0.337 e. The van der Waals surface area contributed by atoms with E-state index >= 15 is 0 Å². The normalized spacial score (nSPS) is 10.5. The van der Waals surface area contributed by atoms with E-state index in [2.05, 4.69) is 5.32 Å². The van der Waals surface area contributed by atoms with Gasteiger partial charge in [-0.3, -0.25) is 10.1 Å². The highest BCUT2D eigenvalue weighted by Gasteiger charge is 2.14. The maximum absolute atomic E-state index is 11.0. The summed E-state index contributed by atoms with van der Waals surface area (Å²) in [4.78, 5) is 21.1. The van der Waals surface area contributed by atoms with Gasteiger partial charge in [0, 0.05) is 18.7 Å². The largest absolute Gasteiger partial charge is 0.478 e. The molecule has 0 spiro atoms. The topological polar surface area (TPSA) is 102 Å². The molecule has 1 aromatic carbocycles. The van der Waals surface area contributed by atoms with E-state index in [1.165, 1.54) is 18.2 Å². The molecule has 0 aliphatic rings. The molecule has 0 radical (unpaired) electrons. The molecule has 0 saturated carbocycles. The predicted molar refractivity (Wildman–Crippen MR) is 69.6 cm³/mol. The number of aromatic carboxylic acids is 1. The first-order valence-corrected chi connectivity index (χ1v) is 5.79. The Labute approximate surface area is 110 Å². The SMILES string of the molecule is CC(C)OCCNc1cc([N+](=O)[O-])ccc1C(=O)O. The monoisotopic (exact) mass is 268 g/mol. The number of nitrogens with one attached hydrogen (secondary N) is 1. The molecule has 0 aromatic heterocycles. The number of carboxylic acid groups (broad SMARTS) is 1. The summed E-state index contributed by atoms with van der Waals surface area (Å²) in [5.74, 6) is -1.14. The Kier molecular flexibility index (Phi) is 5.25. The van der Waals surface area contributed by atoms with Crippen molar-refractivity contribution in [2.45, 2.75) is 20.0 Å². The van der Waals surface area contributed by atoms with Crippen molar-refractivity contribution in [2.75, 3.05) is 18.5 Å². The summed E-state index contributed by atoms with van der Waals surface area (Å²) in [7, 11) is 0. The van der Waals surface area contributed by atoms with Gasteiger partial charge in [0.2, 0.25) is 0 Å². The molecule has 0 aliphatic carbocycles. The van der Waals surface area contributed by atoms with Crippen LogP contribution in [-0.2, 0) is 4.74 Å². The molecule has 19 heavy (non-hydrogen) atoms. The van der Waals surface area contributed by atoms with Crippen LogP contribution in [0.25, 0.3) is 0 Å². The highest BCUT2D eigenvalue weighted by atomic mass is 16.6. The van der Waals surface area contributed by atoms with E-state index in [1.54, 1.807) is 0 Å². The number of ether oxygens (including phenoxy) is 1. The molecular formula is C12H16N2O5. The third-order valence-corrected chi connectivity index (χ3v) is 2.31. The molecule has 7 heteroatoms. The van der Waals surface area contributed by atoms with E-state index in [4.69, 9.17) is 9.84 Å². The van der Waals surface area contributed by atoms with Gasteiger partial charge in [0.1, 0.15) is 0 Å².